The van der Waals surface area contributed by atoms with E-state index < -0.39 is 0 Å². The van der Waals surface area contributed by atoms with E-state index in [1.165, 1.54) is 0 Å². The van der Waals surface area contributed by atoms with Crippen molar-refractivity contribution < 1.29 is 9.53 Å². The Hall–Kier alpha value is -0.650. The second-order valence-corrected chi connectivity index (χ2v) is 5.81. The minimum Gasteiger partial charge on any atom is -0.378 e. The van der Waals surface area contributed by atoms with Gasteiger partial charge in [0.1, 0.15) is 0 Å². The molecule has 1 amide bonds. The van der Waals surface area contributed by atoms with Crippen LogP contribution in [0.2, 0.25) is 0 Å². The van der Waals surface area contributed by atoms with E-state index in [0.29, 0.717) is 24.7 Å². The molecule has 2 atom stereocenters. The monoisotopic (exact) mass is 269 g/mol. The molecule has 3 N–H and O–H groups in total. The number of nitrogens with two attached hydrogens (primary N) is 1. The van der Waals surface area contributed by atoms with Gasteiger partial charge in [0.2, 0.25) is 5.91 Å². The smallest absolute Gasteiger partial charge is 0.231 e. The summed E-state index contributed by atoms with van der Waals surface area (Å²) in [6.07, 6.45) is 6.02. The van der Waals surface area contributed by atoms with E-state index in [-0.39, 0.29) is 5.91 Å². The number of nitrogens with zero attached hydrogens (tertiary/aromatic N) is 1. The molecule has 2 fully saturated rings. The highest BCUT2D eigenvalue weighted by Crippen LogP contribution is 2.19. The lowest BCUT2D eigenvalue weighted by atomic mass is 9.98. The van der Waals surface area contributed by atoms with Crippen molar-refractivity contribution in [2.75, 3.05) is 26.2 Å². The summed E-state index contributed by atoms with van der Waals surface area (Å²) in [7, 11) is 0. The van der Waals surface area contributed by atoms with Crippen LogP contribution in [0.4, 0.5) is 0 Å². The SMILES string of the molecule is CCC1CC(NC2CCN(CC(N)=O)CC2)CCO1. The molecule has 110 valence electrons. The van der Waals surface area contributed by atoms with E-state index in [0.717, 1.165) is 51.8 Å². The fourth-order valence-electron chi connectivity index (χ4n) is 3.13. The number of carbonyl (C=O) groups is 1. The molecule has 2 aliphatic rings. The number of rotatable bonds is 5. The molecule has 0 aliphatic carbocycles. The highest BCUT2D eigenvalue weighted by molar-refractivity contribution is 5.75. The maximum absolute atomic E-state index is 10.9. The lowest BCUT2D eigenvalue weighted by Crippen LogP contribution is -2.49. The van der Waals surface area contributed by atoms with Crippen LogP contribution in [0, 0.1) is 0 Å². The van der Waals surface area contributed by atoms with Crippen LogP contribution < -0.4 is 11.1 Å². The van der Waals surface area contributed by atoms with Gasteiger partial charge in [-0.15, -0.1) is 0 Å². The van der Waals surface area contributed by atoms with Crippen molar-refractivity contribution >= 4 is 5.91 Å². The molecule has 2 saturated heterocycles. The van der Waals surface area contributed by atoms with Crippen LogP contribution in [0.3, 0.4) is 0 Å². The fourth-order valence-corrected chi connectivity index (χ4v) is 3.13. The van der Waals surface area contributed by atoms with Crippen LogP contribution in [0.1, 0.15) is 39.0 Å². The van der Waals surface area contributed by atoms with Crippen molar-refractivity contribution in [2.45, 2.75) is 57.2 Å². The fraction of sp³-hybridized carbons (Fsp3) is 0.929. The lowest BCUT2D eigenvalue weighted by Gasteiger charge is -2.36. The first-order chi connectivity index (χ1) is 9.17. The molecular weight excluding hydrogens is 242 g/mol. The van der Waals surface area contributed by atoms with Crippen molar-refractivity contribution in [1.29, 1.82) is 0 Å². The van der Waals surface area contributed by atoms with E-state index in [1.807, 2.05) is 0 Å². The van der Waals surface area contributed by atoms with E-state index in [4.69, 9.17) is 10.5 Å². The largest absolute Gasteiger partial charge is 0.378 e. The number of primary amides is 1. The molecule has 2 heterocycles. The maximum Gasteiger partial charge on any atom is 0.231 e. The van der Waals surface area contributed by atoms with Crippen LogP contribution in [0.25, 0.3) is 0 Å². The van der Waals surface area contributed by atoms with Gasteiger partial charge >= 0.3 is 0 Å². The summed E-state index contributed by atoms with van der Waals surface area (Å²) in [5, 5.41) is 3.77. The summed E-state index contributed by atoms with van der Waals surface area (Å²) in [5.41, 5.74) is 5.23. The third-order valence-corrected chi connectivity index (χ3v) is 4.26. The van der Waals surface area contributed by atoms with Crippen molar-refractivity contribution in [3.8, 4) is 0 Å². The number of hydrogen-bond acceptors (Lipinski definition) is 4. The van der Waals surface area contributed by atoms with Crippen LogP contribution in [-0.2, 0) is 9.53 Å². The summed E-state index contributed by atoms with van der Waals surface area (Å²) < 4.78 is 5.71. The van der Waals surface area contributed by atoms with Gasteiger partial charge in [-0.05, 0) is 32.1 Å². The standard InChI is InChI=1S/C14H27N3O2/c1-2-13-9-12(5-8-19-13)16-11-3-6-17(7-4-11)10-14(15)18/h11-13,16H,2-10H2,1H3,(H2,15,18). The van der Waals surface area contributed by atoms with E-state index in [9.17, 15) is 4.79 Å². The third kappa shape index (κ3) is 4.75. The Morgan fingerprint density at radius 2 is 2.05 bits per heavy atom. The van der Waals surface area contributed by atoms with Gasteiger partial charge in [-0.25, -0.2) is 0 Å². The molecule has 5 heteroatoms. The number of nitrogens with one attached hydrogen (secondary N) is 1. The van der Waals surface area contributed by atoms with Gasteiger partial charge in [-0.1, -0.05) is 6.92 Å². The highest BCUT2D eigenvalue weighted by Gasteiger charge is 2.26. The van der Waals surface area contributed by atoms with E-state index in [2.05, 4.69) is 17.1 Å². The lowest BCUT2D eigenvalue weighted by molar-refractivity contribution is -0.119. The van der Waals surface area contributed by atoms with Crippen molar-refractivity contribution in [3.05, 3.63) is 0 Å². The number of ether oxygens (including phenoxy) is 1. The second-order valence-electron chi connectivity index (χ2n) is 5.81. The molecule has 2 unspecified atom stereocenters. The van der Waals surface area contributed by atoms with Crippen LogP contribution in [-0.4, -0.2) is 55.2 Å². The van der Waals surface area contributed by atoms with Crippen LogP contribution >= 0.6 is 0 Å². The van der Waals surface area contributed by atoms with E-state index >= 15 is 0 Å². The second kappa shape index (κ2) is 7.22. The Labute approximate surface area is 115 Å². The number of amides is 1. The summed E-state index contributed by atoms with van der Waals surface area (Å²) in [6.45, 7) is 5.43. The zero-order valence-corrected chi connectivity index (χ0v) is 11.9. The molecule has 0 aromatic heterocycles. The Morgan fingerprint density at radius 1 is 1.32 bits per heavy atom. The number of carbonyl (C=O) groups excluding carboxylic acids is 1. The molecule has 19 heavy (non-hydrogen) atoms. The maximum atomic E-state index is 10.9. The predicted octanol–water partition coefficient (Wildman–Crippen LogP) is 0.483. The highest BCUT2D eigenvalue weighted by atomic mass is 16.5. The van der Waals surface area contributed by atoms with Crippen molar-refractivity contribution in [3.63, 3.8) is 0 Å². The summed E-state index contributed by atoms with van der Waals surface area (Å²) in [5.74, 6) is -0.221. The molecule has 0 saturated carbocycles. The van der Waals surface area contributed by atoms with Crippen LogP contribution in [0.5, 0.6) is 0 Å². The van der Waals surface area contributed by atoms with E-state index in [1.54, 1.807) is 0 Å². The van der Waals surface area contributed by atoms with Gasteiger partial charge < -0.3 is 15.8 Å². The Kier molecular flexibility index (Phi) is 5.60. The molecule has 0 aromatic carbocycles. The molecule has 2 aliphatic heterocycles. The predicted molar refractivity (Wildman–Crippen MR) is 74.8 cm³/mol. The topological polar surface area (TPSA) is 67.6 Å². The minimum atomic E-state index is -0.221. The summed E-state index contributed by atoms with van der Waals surface area (Å²) >= 11 is 0. The first-order valence-electron chi connectivity index (χ1n) is 7.55. The summed E-state index contributed by atoms with van der Waals surface area (Å²) in [4.78, 5) is 13.0. The normalized spacial score (nSPS) is 30.4. The average molecular weight is 269 g/mol. The Balaban J connectivity index is 1.69. The van der Waals surface area contributed by atoms with Crippen LogP contribution in [0.15, 0.2) is 0 Å². The zero-order chi connectivity index (χ0) is 13.7. The summed E-state index contributed by atoms with van der Waals surface area (Å²) in [6, 6.07) is 1.19. The van der Waals surface area contributed by atoms with Gasteiger partial charge in [0.15, 0.2) is 0 Å². The van der Waals surface area contributed by atoms with Gasteiger partial charge in [-0.2, -0.15) is 0 Å². The molecule has 5 nitrogen and oxygen atoms in total. The number of piperidine rings is 1. The zero-order valence-electron chi connectivity index (χ0n) is 11.9. The molecular formula is C14H27N3O2. The molecule has 0 radical (unpaired) electrons. The number of hydrogen-bond donors (Lipinski definition) is 2. The average Bonchev–Trinajstić information content (AvgIpc) is 2.41. The van der Waals surface area contributed by atoms with Gasteiger partial charge in [-0.3, -0.25) is 9.69 Å². The number of likely N-dealkylation sites (tertiary alicyclic amines) is 1. The van der Waals surface area contributed by atoms with Crippen molar-refractivity contribution in [2.24, 2.45) is 5.73 Å². The first kappa shape index (κ1) is 14.8. The Bertz CT molecular complexity index is 290. The van der Waals surface area contributed by atoms with Gasteiger partial charge in [0.05, 0.1) is 12.6 Å². The molecule has 0 aromatic rings. The molecule has 0 spiro atoms. The molecule has 2 rings (SSSR count). The van der Waals surface area contributed by atoms with Gasteiger partial charge in [0, 0.05) is 31.8 Å². The quantitative estimate of drug-likeness (QED) is 0.762. The third-order valence-electron chi connectivity index (χ3n) is 4.26. The molecule has 0 bridgehead atoms. The Morgan fingerprint density at radius 3 is 2.68 bits per heavy atom. The minimum absolute atomic E-state index is 0.221. The first-order valence-corrected chi connectivity index (χ1v) is 7.55. The van der Waals surface area contributed by atoms with Crippen molar-refractivity contribution in [1.82, 2.24) is 10.2 Å². The van der Waals surface area contributed by atoms with Gasteiger partial charge in [0.25, 0.3) is 0 Å².